The molecule has 5 rings (SSSR count). The van der Waals surface area contributed by atoms with Crippen molar-refractivity contribution in [1.29, 1.82) is 0 Å². The maximum absolute atomic E-state index is 3.69. The van der Waals surface area contributed by atoms with Crippen molar-refractivity contribution >= 4 is 12.2 Å². The van der Waals surface area contributed by atoms with Crippen LogP contribution in [0.2, 0.25) is 0 Å². The molecule has 0 aliphatic heterocycles. The highest BCUT2D eigenvalue weighted by molar-refractivity contribution is 5.47. The monoisotopic (exact) mass is 793 g/mol. The molecule has 0 nitrogen and oxygen atoms in total. The molecule has 0 aromatic heterocycles. The second kappa shape index (κ2) is 59.8. The van der Waals surface area contributed by atoms with Crippen molar-refractivity contribution in [2.24, 2.45) is 0 Å². The molecule has 0 atom stereocenters. The Morgan fingerprint density at radius 2 is 0.621 bits per heavy atom. The van der Waals surface area contributed by atoms with Crippen LogP contribution in [0, 0.1) is 0 Å². The number of aryl methyl sites for hydroxylation is 2. The molecule has 58 heavy (non-hydrogen) atoms. The van der Waals surface area contributed by atoms with Crippen LogP contribution in [0.1, 0.15) is 195 Å². The van der Waals surface area contributed by atoms with Gasteiger partial charge in [-0.15, -0.1) is 6.58 Å². The van der Waals surface area contributed by atoms with E-state index in [4.69, 9.17) is 0 Å². The molecule has 0 amide bonds. The van der Waals surface area contributed by atoms with Crippen LogP contribution < -0.4 is 0 Å². The topological polar surface area (TPSA) is 0 Å². The summed E-state index contributed by atoms with van der Waals surface area (Å²) in [7, 11) is 0. The second-order valence-electron chi connectivity index (χ2n) is 13.4. The third kappa shape index (κ3) is 54.2. The molecule has 0 spiro atoms. The van der Waals surface area contributed by atoms with Gasteiger partial charge in [-0.2, -0.15) is 0 Å². The Kier molecular flexibility index (Phi) is 65.2. The van der Waals surface area contributed by atoms with Gasteiger partial charge in [0.25, 0.3) is 0 Å². The summed E-state index contributed by atoms with van der Waals surface area (Å²) in [6.07, 6.45) is 54.4. The largest absolute Gasteiger partial charge is 0.103 e. The number of unbranched alkanes of at least 4 members (excludes halogenated alkanes) is 10. The maximum Gasteiger partial charge on any atom is -0.0163 e. The molecule has 3 aliphatic rings. The second-order valence-corrected chi connectivity index (χ2v) is 13.4. The van der Waals surface area contributed by atoms with Crippen LogP contribution >= 0.6 is 0 Å². The van der Waals surface area contributed by atoms with Gasteiger partial charge in [0.05, 0.1) is 0 Å². The molecular formula is C58H96. The van der Waals surface area contributed by atoms with Crippen molar-refractivity contribution < 1.29 is 0 Å². The summed E-state index contributed by atoms with van der Waals surface area (Å²) in [4.78, 5) is 0. The van der Waals surface area contributed by atoms with E-state index in [1.807, 2.05) is 32.1 Å². The number of hydrogen-bond acceptors (Lipinski definition) is 0. The summed E-state index contributed by atoms with van der Waals surface area (Å²) in [6.45, 7) is 30.2. The van der Waals surface area contributed by atoms with Gasteiger partial charge in [-0.3, -0.25) is 0 Å². The maximum atomic E-state index is 3.69. The SMILES string of the molecule is C.C1=CCC=C1.C1=CCC=C1.C1=CCC=C1.C=CCC.C=Cc1ccc(CC)cc1.C=Cc1ccc(CC)cc1.CC.CCCCCCCC.CCCCCCCC. The smallest absolute Gasteiger partial charge is 0.0163 e. The van der Waals surface area contributed by atoms with Crippen molar-refractivity contribution in [3.05, 3.63) is 170 Å². The molecule has 0 heteroatoms. The van der Waals surface area contributed by atoms with Crippen LogP contribution in [0.4, 0.5) is 0 Å². The van der Waals surface area contributed by atoms with Crippen molar-refractivity contribution in [1.82, 2.24) is 0 Å². The van der Waals surface area contributed by atoms with Crippen LogP contribution in [-0.2, 0) is 12.8 Å². The van der Waals surface area contributed by atoms with E-state index in [2.05, 4.69) is 190 Å². The minimum Gasteiger partial charge on any atom is -0.103 e. The Morgan fingerprint density at radius 1 is 0.397 bits per heavy atom. The van der Waals surface area contributed by atoms with E-state index in [9.17, 15) is 0 Å². The first-order chi connectivity index (χ1) is 28.0. The molecule has 0 heterocycles. The molecule has 328 valence electrons. The van der Waals surface area contributed by atoms with Gasteiger partial charge < -0.3 is 0 Å². The molecule has 3 aliphatic carbocycles. The van der Waals surface area contributed by atoms with Gasteiger partial charge in [0.1, 0.15) is 0 Å². The fraction of sp³-hybridized carbons (Fsp3) is 0.483. The average molecular weight is 793 g/mol. The third-order valence-corrected chi connectivity index (χ3v) is 8.42. The summed E-state index contributed by atoms with van der Waals surface area (Å²) in [5.74, 6) is 0. The van der Waals surface area contributed by atoms with E-state index in [1.54, 1.807) is 0 Å². The zero-order valence-electron chi connectivity index (χ0n) is 39.1. The molecule has 0 N–H and O–H groups in total. The zero-order chi connectivity index (χ0) is 43.3. The fourth-order valence-electron chi connectivity index (χ4n) is 4.66. The van der Waals surface area contributed by atoms with Gasteiger partial charge in [-0.05, 0) is 60.8 Å². The quantitative estimate of drug-likeness (QED) is 0.124. The first kappa shape index (κ1) is 63.3. The van der Waals surface area contributed by atoms with Gasteiger partial charge in [-0.25, -0.2) is 0 Å². The summed E-state index contributed by atoms with van der Waals surface area (Å²) in [5.41, 5.74) is 5.14. The number of benzene rings is 2. The highest BCUT2D eigenvalue weighted by atomic mass is 13.9. The Balaban J connectivity index is -0.000000186. The summed E-state index contributed by atoms with van der Waals surface area (Å²) >= 11 is 0. The lowest BCUT2D eigenvalue weighted by Crippen LogP contribution is -1.78. The molecule has 0 saturated carbocycles. The third-order valence-electron chi connectivity index (χ3n) is 8.42. The standard InChI is InChI=1S/2C10H12.2C8H18.3C5H6.C4H8.C2H6.CH4/c2*1-3-9-5-7-10(4-2)8-6-9;2*1-3-5-7-8-6-4-2;3*1-2-4-5-3-1;1-3-4-2;1-2;/h2*3,5-8H,1,4H2,2H3;2*3-8H2,1-2H3;3*1-4H,5H2;3H,1,4H2,2H3;1-2H3;1H4. The van der Waals surface area contributed by atoms with Gasteiger partial charge in [0.15, 0.2) is 0 Å². The Bertz CT molecular complexity index is 1080. The van der Waals surface area contributed by atoms with Crippen LogP contribution in [0.15, 0.2) is 147 Å². The number of allylic oxidation sites excluding steroid dienone is 13. The van der Waals surface area contributed by atoms with Crippen LogP contribution in [-0.4, -0.2) is 0 Å². The van der Waals surface area contributed by atoms with Crippen LogP contribution in [0.25, 0.3) is 12.2 Å². The molecule has 0 unspecified atom stereocenters. The first-order valence-electron chi connectivity index (χ1n) is 23.0. The molecule has 2 aromatic carbocycles. The molecule has 0 bridgehead atoms. The molecule has 2 aromatic rings. The Morgan fingerprint density at radius 3 is 0.741 bits per heavy atom. The van der Waals surface area contributed by atoms with Crippen molar-refractivity contribution in [2.75, 3.05) is 0 Å². The number of hydrogen-bond donors (Lipinski definition) is 0. The van der Waals surface area contributed by atoms with Crippen molar-refractivity contribution in [3.8, 4) is 0 Å². The average Bonchev–Trinajstić information content (AvgIpc) is 4.14. The summed E-state index contributed by atoms with van der Waals surface area (Å²) < 4.78 is 0. The van der Waals surface area contributed by atoms with Gasteiger partial charge in [-0.1, -0.05) is 300 Å². The lowest BCUT2D eigenvalue weighted by Gasteiger charge is -1.95. The minimum absolute atomic E-state index is 0. The molecule has 0 radical (unpaired) electrons. The van der Waals surface area contributed by atoms with Gasteiger partial charge >= 0.3 is 0 Å². The van der Waals surface area contributed by atoms with E-state index in [-0.39, 0.29) is 7.43 Å². The molecular weight excluding hydrogens is 697 g/mol. The van der Waals surface area contributed by atoms with E-state index < -0.39 is 0 Å². The van der Waals surface area contributed by atoms with Crippen LogP contribution in [0.3, 0.4) is 0 Å². The lowest BCUT2D eigenvalue weighted by molar-refractivity contribution is 0.624. The lowest BCUT2D eigenvalue weighted by atomic mass is 10.1. The minimum atomic E-state index is 0. The fourth-order valence-corrected chi connectivity index (χ4v) is 4.66. The Hall–Kier alpha value is -3.90. The first-order valence-corrected chi connectivity index (χ1v) is 23.0. The van der Waals surface area contributed by atoms with E-state index in [1.165, 1.54) is 99.3 Å². The van der Waals surface area contributed by atoms with Gasteiger partial charge in [0, 0.05) is 0 Å². The Labute approximate surface area is 365 Å². The van der Waals surface area contributed by atoms with E-state index >= 15 is 0 Å². The summed E-state index contributed by atoms with van der Waals surface area (Å²) in [5, 5.41) is 0. The molecule has 0 saturated heterocycles. The number of rotatable bonds is 15. The predicted octanol–water partition coefficient (Wildman–Crippen LogP) is 20.3. The predicted molar refractivity (Wildman–Crippen MR) is 277 cm³/mol. The molecule has 0 fully saturated rings. The van der Waals surface area contributed by atoms with E-state index in [0.29, 0.717) is 0 Å². The van der Waals surface area contributed by atoms with Crippen molar-refractivity contribution in [2.45, 2.75) is 185 Å². The van der Waals surface area contributed by atoms with Crippen LogP contribution in [0.5, 0.6) is 0 Å². The van der Waals surface area contributed by atoms with Crippen molar-refractivity contribution in [3.63, 3.8) is 0 Å². The van der Waals surface area contributed by atoms with E-state index in [0.717, 1.165) is 38.5 Å². The summed E-state index contributed by atoms with van der Waals surface area (Å²) in [6, 6.07) is 16.9. The highest BCUT2D eigenvalue weighted by Gasteiger charge is 1.88. The highest BCUT2D eigenvalue weighted by Crippen LogP contribution is 2.07. The van der Waals surface area contributed by atoms with Gasteiger partial charge in [0.2, 0.25) is 0 Å². The normalized spacial score (nSPS) is 11.0. The zero-order valence-corrected chi connectivity index (χ0v) is 39.1.